The van der Waals surface area contributed by atoms with Crippen molar-refractivity contribution < 1.29 is 31.1 Å². The predicted octanol–water partition coefficient (Wildman–Crippen LogP) is 3.34. The van der Waals surface area contributed by atoms with Crippen LogP contribution in [0, 0.1) is 0 Å². The van der Waals surface area contributed by atoms with E-state index in [1.165, 1.54) is 0 Å². The van der Waals surface area contributed by atoms with Gasteiger partial charge in [-0.3, -0.25) is 0 Å². The first-order chi connectivity index (χ1) is 6.59. The van der Waals surface area contributed by atoms with E-state index < -0.39 is 36.3 Å². The zero-order chi connectivity index (χ0) is 12.3. The van der Waals surface area contributed by atoms with Crippen molar-refractivity contribution in [1.82, 2.24) is 0 Å². The molecule has 0 aromatic rings. The molecular weight excluding hydrogens is 273 g/mol. The van der Waals surface area contributed by atoms with E-state index in [1.54, 1.807) is 0 Å². The molecule has 0 aliphatic heterocycles. The van der Waals surface area contributed by atoms with Crippen molar-refractivity contribution in [1.29, 1.82) is 0 Å². The molecule has 0 N–H and O–H groups in total. The smallest absolute Gasteiger partial charge is 0.315 e. The molecule has 0 aromatic carbocycles. The first kappa shape index (κ1) is 15.1. The Morgan fingerprint density at radius 2 is 1.13 bits per heavy atom. The van der Waals surface area contributed by atoms with Crippen LogP contribution in [0.3, 0.4) is 0 Å². The van der Waals surface area contributed by atoms with Crippen LogP contribution in [-0.4, -0.2) is 36.3 Å². The lowest BCUT2D eigenvalue weighted by atomic mass is 10.4. The summed E-state index contributed by atoms with van der Waals surface area (Å²) in [6.45, 7) is -3.37. The molecule has 0 aliphatic carbocycles. The fourth-order valence-corrected chi connectivity index (χ4v) is 0.575. The zero-order valence-corrected chi connectivity index (χ0v) is 8.51. The van der Waals surface area contributed by atoms with Gasteiger partial charge in [0.2, 0.25) is 11.3 Å². The van der Waals surface area contributed by atoms with E-state index >= 15 is 0 Å². The maximum atomic E-state index is 12.3. The van der Waals surface area contributed by atoms with Crippen LogP contribution in [-0.2, 0) is 4.74 Å². The van der Waals surface area contributed by atoms with Crippen molar-refractivity contribution in [2.24, 2.45) is 0 Å². The Bertz CT molecular complexity index is 178. The Balaban J connectivity index is 4.00. The fraction of sp³-hybridized carbons (Fsp3) is 1.00. The predicted molar refractivity (Wildman–Crippen MR) is 42.2 cm³/mol. The van der Waals surface area contributed by atoms with Crippen LogP contribution in [0.1, 0.15) is 0 Å². The minimum atomic E-state index is -4.12. The highest BCUT2D eigenvalue weighted by Gasteiger charge is 2.43. The number of hydrogen-bond donors (Lipinski definition) is 0. The van der Waals surface area contributed by atoms with E-state index in [2.05, 4.69) is 27.9 Å². The molecule has 0 aliphatic rings. The van der Waals surface area contributed by atoms with Crippen molar-refractivity contribution in [3.05, 3.63) is 0 Å². The van der Waals surface area contributed by atoms with Gasteiger partial charge in [-0.15, -0.1) is 0 Å². The zero-order valence-electron chi connectivity index (χ0n) is 7.00. The summed E-state index contributed by atoms with van der Waals surface area (Å²) >= 11 is 8.80. The Labute approximate surface area is 91.3 Å². The Hall–Kier alpha value is 0.120. The summed E-state index contributed by atoms with van der Waals surface area (Å²) in [5.74, 6) is -8.23. The van der Waals surface area contributed by atoms with Gasteiger partial charge in [0.25, 0.3) is 0 Å². The van der Waals surface area contributed by atoms with Gasteiger partial charge in [-0.2, -0.15) is 17.6 Å². The standard InChI is InChI=1S/C6H6Cl2F6O/c7-3(9)5(11,12)1-15-2-6(13,14)4(8)10/h3-4H,1-2H2/t3-,4+. The minimum absolute atomic E-state index is 1.68. The van der Waals surface area contributed by atoms with Crippen LogP contribution in [0.4, 0.5) is 26.3 Å². The molecule has 0 spiro atoms. The summed E-state index contributed by atoms with van der Waals surface area (Å²) < 4.78 is 76.8. The lowest BCUT2D eigenvalue weighted by Gasteiger charge is -2.19. The second-order valence-electron chi connectivity index (χ2n) is 2.62. The second-order valence-corrected chi connectivity index (χ2v) is 3.38. The molecule has 0 heterocycles. The molecule has 92 valence electrons. The van der Waals surface area contributed by atoms with Gasteiger partial charge in [0.15, 0.2) is 0 Å². The summed E-state index contributed by atoms with van der Waals surface area (Å²) in [4.78, 5) is 0. The van der Waals surface area contributed by atoms with Crippen LogP contribution in [0.15, 0.2) is 0 Å². The molecule has 0 radical (unpaired) electrons. The van der Waals surface area contributed by atoms with Crippen LogP contribution in [0.5, 0.6) is 0 Å². The van der Waals surface area contributed by atoms with Crippen LogP contribution in [0.25, 0.3) is 0 Å². The van der Waals surface area contributed by atoms with Crippen molar-refractivity contribution in [2.75, 3.05) is 13.2 Å². The normalized spacial score (nSPS) is 17.6. The molecule has 15 heavy (non-hydrogen) atoms. The number of alkyl halides is 8. The highest BCUT2D eigenvalue weighted by molar-refractivity contribution is 6.20. The number of halogens is 8. The summed E-state index contributed by atoms with van der Waals surface area (Å²) in [5, 5.41) is 0. The quantitative estimate of drug-likeness (QED) is 0.535. The van der Waals surface area contributed by atoms with E-state index in [1.807, 2.05) is 0 Å². The van der Waals surface area contributed by atoms with Gasteiger partial charge in [0.1, 0.15) is 13.2 Å². The largest absolute Gasteiger partial charge is 0.369 e. The summed E-state index contributed by atoms with van der Waals surface area (Å²) in [6.07, 6.45) is 0. The van der Waals surface area contributed by atoms with Crippen LogP contribution < -0.4 is 0 Å². The van der Waals surface area contributed by atoms with E-state index in [0.717, 1.165) is 0 Å². The molecule has 0 saturated heterocycles. The molecular formula is C6H6Cl2F6O. The minimum Gasteiger partial charge on any atom is -0.369 e. The van der Waals surface area contributed by atoms with Crippen molar-refractivity contribution in [3.63, 3.8) is 0 Å². The van der Waals surface area contributed by atoms with Gasteiger partial charge in [0, 0.05) is 0 Å². The molecule has 0 unspecified atom stereocenters. The van der Waals surface area contributed by atoms with E-state index in [9.17, 15) is 26.3 Å². The third-order valence-electron chi connectivity index (χ3n) is 1.23. The maximum absolute atomic E-state index is 12.3. The average Bonchev–Trinajstić information content (AvgIpc) is 2.02. The fourth-order valence-electron chi connectivity index (χ4n) is 0.449. The molecule has 1 nitrogen and oxygen atoms in total. The highest BCUT2D eigenvalue weighted by atomic mass is 35.5. The van der Waals surface area contributed by atoms with E-state index in [0.29, 0.717) is 0 Å². The van der Waals surface area contributed by atoms with Crippen molar-refractivity contribution in [2.45, 2.75) is 23.1 Å². The first-order valence-electron chi connectivity index (χ1n) is 3.49. The topological polar surface area (TPSA) is 9.23 Å². The number of rotatable bonds is 6. The lowest BCUT2D eigenvalue weighted by molar-refractivity contribution is -0.151. The van der Waals surface area contributed by atoms with Crippen LogP contribution >= 0.6 is 23.2 Å². The van der Waals surface area contributed by atoms with Gasteiger partial charge >= 0.3 is 11.8 Å². The third-order valence-corrected chi connectivity index (χ3v) is 1.87. The SMILES string of the molecule is F[C@H](Cl)C(F)(F)COCC(F)(F)[C@@H](F)Cl. The van der Waals surface area contributed by atoms with Crippen molar-refractivity contribution in [3.8, 4) is 0 Å². The molecule has 0 bridgehead atoms. The molecule has 0 saturated carbocycles. The summed E-state index contributed by atoms with van der Waals surface area (Å²) in [6, 6.07) is 0. The Morgan fingerprint density at radius 1 is 0.867 bits per heavy atom. The monoisotopic (exact) mass is 278 g/mol. The Morgan fingerprint density at radius 3 is 1.33 bits per heavy atom. The molecule has 0 aromatic heterocycles. The number of ether oxygens (including phenoxy) is 1. The summed E-state index contributed by atoms with van der Waals surface area (Å²) in [5.41, 5.74) is -6.13. The van der Waals surface area contributed by atoms with E-state index in [-0.39, 0.29) is 0 Å². The highest BCUT2D eigenvalue weighted by Crippen LogP contribution is 2.28. The van der Waals surface area contributed by atoms with Gasteiger partial charge in [-0.1, -0.05) is 23.2 Å². The van der Waals surface area contributed by atoms with Gasteiger partial charge in [-0.25, -0.2) is 8.78 Å². The average molecular weight is 279 g/mol. The van der Waals surface area contributed by atoms with Crippen molar-refractivity contribution >= 4 is 23.2 Å². The third kappa shape index (κ3) is 5.12. The van der Waals surface area contributed by atoms with E-state index in [4.69, 9.17) is 0 Å². The summed E-state index contributed by atoms with van der Waals surface area (Å²) in [7, 11) is 0. The molecule has 9 heteroatoms. The van der Waals surface area contributed by atoms with Gasteiger partial charge in [-0.05, 0) is 0 Å². The molecule has 0 rings (SSSR count). The van der Waals surface area contributed by atoms with Gasteiger partial charge < -0.3 is 4.74 Å². The van der Waals surface area contributed by atoms with Crippen LogP contribution in [0.2, 0.25) is 0 Å². The van der Waals surface area contributed by atoms with Gasteiger partial charge in [0.05, 0.1) is 0 Å². The Kier molecular flexibility index (Phi) is 5.49. The molecule has 2 atom stereocenters. The first-order valence-corrected chi connectivity index (χ1v) is 4.36. The maximum Gasteiger partial charge on any atom is 0.315 e. The molecule has 0 fully saturated rings. The molecule has 0 amide bonds. The number of hydrogen-bond acceptors (Lipinski definition) is 1. The lowest BCUT2D eigenvalue weighted by Crippen LogP contribution is -2.37. The second kappa shape index (κ2) is 5.45.